The highest BCUT2D eigenvalue weighted by atomic mass is 16.4. The lowest BCUT2D eigenvalue weighted by molar-refractivity contribution is -0.140. The lowest BCUT2D eigenvalue weighted by Crippen LogP contribution is -2.48. The molecule has 0 spiro atoms. The van der Waals surface area contributed by atoms with Crippen molar-refractivity contribution in [1.29, 1.82) is 0 Å². The molecule has 0 rings (SSSR count). The standard InChI is InChI=1S/C38H72N2O4/c1-3-5-7-9-11-13-15-17-19-20-22-24-26-28-30-32-36(41)40-35(34-37(42)43)38(44)39-33-31-29-27-25-23-21-18-16-14-12-10-8-6-4-2/h17,19,35H,3-16,18,20-34H2,1-2H3,(H,39,44)(H,40,41)(H,42,43)/b19-17-. The summed E-state index contributed by atoms with van der Waals surface area (Å²) in [4.78, 5) is 36.2. The number of aliphatic carboxylic acids is 1. The van der Waals surface area contributed by atoms with Crippen LogP contribution in [0, 0.1) is 0 Å². The quantitative estimate of drug-likeness (QED) is 0.0492. The van der Waals surface area contributed by atoms with Crippen LogP contribution in [0.4, 0.5) is 0 Å². The summed E-state index contributed by atoms with van der Waals surface area (Å²) in [5, 5.41) is 14.7. The van der Waals surface area contributed by atoms with Crippen molar-refractivity contribution in [3.8, 4) is 0 Å². The molecule has 0 saturated carbocycles. The summed E-state index contributed by atoms with van der Waals surface area (Å²) < 4.78 is 0. The van der Waals surface area contributed by atoms with Crippen LogP contribution in [0.3, 0.4) is 0 Å². The molecule has 0 aliphatic heterocycles. The number of unbranched alkanes of at least 4 members (excludes halogenated alkanes) is 24. The number of hydrogen-bond acceptors (Lipinski definition) is 3. The average molecular weight is 621 g/mol. The van der Waals surface area contributed by atoms with E-state index in [1.807, 2.05) is 0 Å². The molecule has 0 saturated heterocycles. The maximum Gasteiger partial charge on any atom is 0.305 e. The van der Waals surface area contributed by atoms with Gasteiger partial charge in [-0.3, -0.25) is 14.4 Å². The molecular weight excluding hydrogens is 548 g/mol. The first kappa shape index (κ1) is 42.1. The highest BCUT2D eigenvalue weighted by Crippen LogP contribution is 2.13. The Bertz CT molecular complexity index is 694. The van der Waals surface area contributed by atoms with Gasteiger partial charge in [-0.05, 0) is 38.5 Å². The Morgan fingerprint density at radius 2 is 0.932 bits per heavy atom. The molecule has 0 fully saturated rings. The van der Waals surface area contributed by atoms with Crippen LogP contribution in [0.1, 0.15) is 200 Å². The number of hydrogen-bond donors (Lipinski definition) is 3. The van der Waals surface area contributed by atoms with Gasteiger partial charge >= 0.3 is 5.97 Å². The number of carbonyl (C=O) groups excluding carboxylic acids is 2. The largest absolute Gasteiger partial charge is 0.481 e. The summed E-state index contributed by atoms with van der Waals surface area (Å²) in [5.41, 5.74) is 0. The molecule has 2 amide bonds. The van der Waals surface area contributed by atoms with Gasteiger partial charge < -0.3 is 15.7 Å². The molecule has 0 aromatic heterocycles. The monoisotopic (exact) mass is 621 g/mol. The molecule has 6 heteroatoms. The van der Waals surface area contributed by atoms with E-state index in [4.69, 9.17) is 0 Å². The molecule has 0 aromatic rings. The third-order valence-corrected chi connectivity index (χ3v) is 8.53. The van der Waals surface area contributed by atoms with E-state index in [9.17, 15) is 19.5 Å². The number of carbonyl (C=O) groups is 3. The number of allylic oxidation sites excluding steroid dienone is 2. The van der Waals surface area contributed by atoms with Gasteiger partial charge in [-0.1, -0.05) is 161 Å². The van der Waals surface area contributed by atoms with Crippen LogP contribution < -0.4 is 10.6 Å². The fourth-order valence-electron chi connectivity index (χ4n) is 5.66. The minimum Gasteiger partial charge on any atom is -0.481 e. The molecule has 3 N–H and O–H groups in total. The molecule has 0 aromatic carbocycles. The summed E-state index contributed by atoms with van der Waals surface area (Å²) in [7, 11) is 0. The molecule has 1 unspecified atom stereocenters. The lowest BCUT2D eigenvalue weighted by Gasteiger charge is -2.17. The van der Waals surface area contributed by atoms with E-state index in [0.29, 0.717) is 13.0 Å². The second kappa shape index (κ2) is 34.0. The predicted octanol–water partition coefficient (Wildman–Crippen LogP) is 10.6. The van der Waals surface area contributed by atoms with Crippen LogP contribution in [-0.4, -0.2) is 35.5 Å². The number of nitrogens with one attached hydrogen (secondary N) is 2. The van der Waals surface area contributed by atoms with Gasteiger partial charge in [-0.15, -0.1) is 0 Å². The molecule has 6 nitrogen and oxygen atoms in total. The van der Waals surface area contributed by atoms with Gasteiger partial charge in [0.05, 0.1) is 6.42 Å². The van der Waals surface area contributed by atoms with Gasteiger partial charge in [0, 0.05) is 13.0 Å². The fraction of sp³-hybridized carbons (Fsp3) is 0.868. The van der Waals surface area contributed by atoms with Gasteiger partial charge in [0.15, 0.2) is 0 Å². The first-order chi connectivity index (χ1) is 21.5. The number of rotatable bonds is 34. The zero-order valence-electron chi connectivity index (χ0n) is 29.1. The number of carboxylic acids is 1. The summed E-state index contributed by atoms with van der Waals surface area (Å²) in [5.74, 6) is -1.71. The van der Waals surface area contributed by atoms with Crippen molar-refractivity contribution in [3.05, 3.63) is 12.2 Å². The molecule has 0 aliphatic carbocycles. The molecule has 0 radical (unpaired) electrons. The summed E-state index contributed by atoms with van der Waals surface area (Å²) >= 11 is 0. The summed E-state index contributed by atoms with van der Waals surface area (Å²) in [6, 6.07) is -1.00. The van der Waals surface area contributed by atoms with E-state index in [0.717, 1.165) is 51.4 Å². The maximum absolute atomic E-state index is 12.6. The number of amides is 2. The van der Waals surface area contributed by atoms with Gasteiger partial charge in [-0.2, -0.15) is 0 Å². The van der Waals surface area contributed by atoms with E-state index >= 15 is 0 Å². The van der Waals surface area contributed by atoms with Crippen LogP contribution in [0.2, 0.25) is 0 Å². The van der Waals surface area contributed by atoms with Gasteiger partial charge in [0.1, 0.15) is 6.04 Å². The van der Waals surface area contributed by atoms with E-state index in [1.54, 1.807) is 0 Å². The van der Waals surface area contributed by atoms with E-state index < -0.39 is 12.0 Å². The van der Waals surface area contributed by atoms with Crippen molar-refractivity contribution in [3.63, 3.8) is 0 Å². The van der Waals surface area contributed by atoms with Crippen molar-refractivity contribution in [2.75, 3.05) is 6.54 Å². The first-order valence-electron chi connectivity index (χ1n) is 18.9. The smallest absolute Gasteiger partial charge is 0.305 e. The second-order valence-corrected chi connectivity index (χ2v) is 12.9. The van der Waals surface area contributed by atoms with Crippen LogP contribution in [-0.2, 0) is 14.4 Å². The second-order valence-electron chi connectivity index (χ2n) is 12.9. The fourth-order valence-corrected chi connectivity index (χ4v) is 5.66. The van der Waals surface area contributed by atoms with Crippen LogP contribution in [0.25, 0.3) is 0 Å². The zero-order chi connectivity index (χ0) is 32.4. The average Bonchev–Trinajstić information content (AvgIpc) is 3.00. The Kier molecular flexibility index (Phi) is 32.6. The van der Waals surface area contributed by atoms with E-state index in [1.165, 1.54) is 122 Å². The predicted molar refractivity (Wildman–Crippen MR) is 187 cm³/mol. The molecular formula is C38H72N2O4. The van der Waals surface area contributed by atoms with Gasteiger partial charge in [0.25, 0.3) is 0 Å². The topological polar surface area (TPSA) is 95.5 Å². The van der Waals surface area contributed by atoms with Crippen molar-refractivity contribution in [2.24, 2.45) is 0 Å². The van der Waals surface area contributed by atoms with E-state index in [-0.39, 0.29) is 18.2 Å². The van der Waals surface area contributed by atoms with Crippen molar-refractivity contribution in [1.82, 2.24) is 10.6 Å². The molecule has 0 heterocycles. The molecule has 0 aliphatic rings. The SMILES string of the molecule is CCCCCCCC/C=C\CCCCCCCC(=O)NC(CC(=O)O)C(=O)NCCCCCCCCCCCCCCCC. The minimum atomic E-state index is -1.08. The molecule has 44 heavy (non-hydrogen) atoms. The Morgan fingerprint density at radius 1 is 0.545 bits per heavy atom. The van der Waals surface area contributed by atoms with E-state index in [2.05, 4.69) is 36.6 Å². The molecule has 1 atom stereocenters. The third-order valence-electron chi connectivity index (χ3n) is 8.53. The maximum atomic E-state index is 12.6. The minimum absolute atomic E-state index is 0.236. The highest BCUT2D eigenvalue weighted by molar-refractivity contribution is 5.90. The third kappa shape index (κ3) is 31.6. The molecule has 0 bridgehead atoms. The van der Waals surface area contributed by atoms with Crippen molar-refractivity contribution < 1.29 is 19.5 Å². The van der Waals surface area contributed by atoms with Crippen LogP contribution in [0.15, 0.2) is 12.2 Å². The van der Waals surface area contributed by atoms with Gasteiger partial charge in [-0.25, -0.2) is 0 Å². The van der Waals surface area contributed by atoms with Crippen molar-refractivity contribution in [2.45, 2.75) is 206 Å². The number of carboxylic acid groups (broad SMARTS) is 1. The molecule has 258 valence electrons. The zero-order valence-corrected chi connectivity index (χ0v) is 29.1. The summed E-state index contributed by atoms with van der Waals surface area (Å²) in [6.07, 6.45) is 38.0. The highest BCUT2D eigenvalue weighted by Gasteiger charge is 2.23. The Balaban J connectivity index is 3.78. The normalized spacial score (nSPS) is 12.0. The lowest BCUT2D eigenvalue weighted by atomic mass is 10.0. The van der Waals surface area contributed by atoms with Crippen LogP contribution >= 0.6 is 0 Å². The van der Waals surface area contributed by atoms with Crippen molar-refractivity contribution >= 4 is 17.8 Å². The Morgan fingerprint density at radius 3 is 1.36 bits per heavy atom. The first-order valence-corrected chi connectivity index (χ1v) is 18.9. The van der Waals surface area contributed by atoms with Gasteiger partial charge in [0.2, 0.25) is 11.8 Å². The van der Waals surface area contributed by atoms with Crippen LogP contribution in [0.5, 0.6) is 0 Å². The Hall–Kier alpha value is -1.85. The summed E-state index contributed by atoms with van der Waals surface area (Å²) in [6.45, 7) is 5.04. The Labute approximate surface area is 272 Å².